The number of carbonyl (C=O) groups excluding carboxylic acids is 1. The molecule has 0 fully saturated rings. The Morgan fingerprint density at radius 1 is 1.29 bits per heavy atom. The van der Waals surface area contributed by atoms with Gasteiger partial charge in [0, 0.05) is 5.92 Å². The molecule has 2 rings (SSSR count). The van der Waals surface area contributed by atoms with E-state index in [1.165, 1.54) is 24.3 Å². The number of carbonyl (C=O) groups is 1. The molecule has 24 heavy (non-hydrogen) atoms. The lowest BCUT2D eigenvalue weighted by molar-refractivity contribution is -0.111. The number of phenolic OH excluding ortho intramolecular Hbond substituents is 1. The lowest BCUT2D eigenvalue weighted by Crippen LogP contribution is -2.12. The fourth-order valence-electron chi connectivity index (χ4n) is 2.14. The molecule has 0 unspecified atom stereocenters. The van der Waals surface area contributed by atoms with Gasteiger partial charge < -0.3 is 21.3 Å². The third kappa shape index (κ3) is 4.33. The average Bonchev–Trinajstić information content (AvgIpc) is 2.56. The lowest BCUT2D eigenvalue weighted by atomic mass is 9.96. The predicted molar refractivity (Wildman–Crippen MR) is 90.8 cm³/mol. The van der Waals surface area contributed by atoms with Crippen LogP contribution in [0.2, 0.25) is 0 Å². The van der Waals surface area contributed by atoms with Crippen LogP contribution in [0.5, 0.6) is 5.75 Å². The topological polar surface area (TPSA) is 95.6 Å². The van der Waals surface area contributed by atoms with Crippen LogP contribution in [0.15, 0.2) is 54.6 Å². The number of para-hydroxylation sites is 2. The lowest BCUT2D eigenvalue weighted by Gasteiger charge is -2.16. The van der Waals surface area contributed by atoms with Crippen LogP contribution in [0.3, 0.4) is 0 Å². The highest BCUT2D eigenvalue weighted by Gasteiger charge is 2.16. The first kappa shape index (κ1) is 17.5. The summed E-state index contributed by atoms with van der Waals surface area (Å²) in [6.45, 7) is 1.69. The summed E-state index contributed by atoms with van der Waals surface area (Å²) in [5.41, 5.74) is 7.01. The Balaban J connectivity index is 2.01. The Morgan fingerprint density at radius 3 is 2.67 bits per heavy atom. The van der Waals surface area contributed by atoms with Gasteiger partial charge in [-0.05, 0) is 35.9 Å². The monoisotopic (exact) mass is 330 g/mol. The van der Waals surface area contributed by atoms with Gasteiger partial charge in [-0.25, -0.2) is 4.39 Å². The summed E-state index contributed by atoms with van der Waals surface area (Å²) in [5, 5.41) is 22.0. The van der Waals surface area contributed by atoms with E-state index in [0.717, 1.165) is 6.07 Å². The maximum absolute atomic E-state index is 13.3. The van der Waals surface area contributed by atoms with Crippen molar-refractivity contribution in [3.8, 4) is 5.75 Å². The predicted octanol–water partition coefficient (Wildman–Crippen LogP) is 2.98. The van der Waals surface area contributed by atoms with Crippen LogP contribution in [-0.2, 0) is 4.79 Å². The molecule has 2 aromatic rings. The molecule has 0 saturated heterocycles. The Hall–Kier alpha value is -2.86. The molecule has 0 bridgehead atoms. The van der Waals surface area contributed by atoms with Gasteiger partial charge in [-0.2, -0.15) is 0 Å². The van der Waals surface area contributed by atoms with Crippen LogP contribution in [-0.4, -0.2) is 16.1 Å². The number of aliphatic hydroxyl groups is 1. The molecule has 0 aliphatic carbocycles. The van der Waals surface area contributed by atoms with Gasteiger partial charge in [0.1, 0.15) is 0 Å². The molecule has 0 heterocycles. The number of aliphatic hydroxyl groups excluding tert-OH is 1. The van der Waals surface area contributed by atoms with Gasteiger partial charge in [-0.1, -0.05) is 31.2 Å². The Bertz CT molecular complexity index is 762. The number of nitrogen functional groups attached to an aromatic ring is 1. The number of halogens is 1. The number of nitrogens with two attached hydrogens (primary N) is 1. The second kappa shape index (κ2) is 7.61. The molecule has 0 aromatic heterocycles. The molecule has 5 N–H and O–H groups in total. The van der Waals surface area contributed by atoms with Crippen molar-refractivity contribution in [3.05, 3.63) is 66.0 Å². The van der Waals surface area contributed by atoms with Crippen LogP contribution in [0.4, 0.5) is 15.8 Å². The molecule has 1 amide bonds. The molecule has 0 aliphatic rings. The Morgan fingerprint density at radius 2 is 2.00 bits per heavy atom. The zero-order valence-electron chi connectivity index (χ0n) is 13.1. The van der Waals surface area contributed by atoms with E-state index in [1.54, 1.807) is 31.2 Å². The zero-order valence-corrected chi connectivity index (χ0v) is 13.1. The molecule has 2 aromatic carbocycles. The molecule has 0 spiro atoms. The second-order valence-corrected chi connectivity index (χ2v) is 5.45. The maximum atomic E-state index is 13.3. The molecule has 126 valence electrons. The quantitative estimate of drug-likeness (QED) is 0.501. The van der Waals surface area contributed by atoms with E-state index in [0.29, 0.717) is 16.9 Å². The second-order valence-electron chi connectivity index (χ2n) is 5.45. The number of anilines is 2. The van der Waals surface area contributed by atoms with Crippen LogP contribution in [0, 0.1) is 11.7 Å². The van der Waals surface area contributed by atoms with Crippen LogP contribution in [0.1, 0.15) is 18.6 Å². The summed E-state index contributed by atoms with van der Waals surface area (Å²) in [7, 11) is 0. The van der Waals surface area contributed by atoms with Gasteiger partial charge in [-0.3, -0.25) is 4.79 Å². The number of amides is 1. The molecular weight excluding hydrogens is 311 g/mol. The molecule has 2 atom stereocenters. The smallest absolute Gasteiger partial charge is 0.248 e. The van der Waals surface area contributed by atoms with Gasteiger partial charge in [0.05, 0.1) is 17.5 Å². The number of benzene rings is 2. The fourth-order valence-corrected chi connectivity index (χ4v) is 2.14. The number of hydrogen-bond acceptors (Lipinski definition) is 4. The van der Waals surface area contributed by atoms with Gasteiger partial charge in [0.2, 0.25) is 5.91 Å². The summed E-state index contributed by atoms with van der Waals surface area (Å²) >= 11 is 0. The first-order chi connectivity index (χ1) is 11.4. The van der Waals surface area contributed by atoms with E-state index in [2.05, 4.69) is 5.32 Å². The minimum absolute atomic E-state index is 0.315. The van der Waals surface area contributed by atoms with E-state index in [-0.39, 0.29) is 5.91 Å². The zero-order chi connectivity index (χ0) is 17.7. The highest BCUT2D eigenvalue weighted by molar-refractivity contribution is 6.01. The van der Waals surface area contributed by atoms with Crippen molar-refractivity contribution in [2.24, 2.45) is 5.92 Å². The molecule has 0 saturated carbocycles. The first-order valence-corrected chi connectivity index (χ1v) is 7.38. The van der Waals surface area contributed by atoms with E-state index in [1.807, 2.05) is 0 Å². The number of aromatic hydroxyl groups is 1. The highest BCUT2D eigenvalue weighted by atomic mass is 19.1. The molecule has 0 aliphatic heterocycles. The van der Waals surface area contributed by atoms with Crippen LogP contribution < -0.4 is 11.1 Å². The summed E-state index contributed by atoms with van der Waals surface area (Å²) in [5.74, 6) is -2.11. The van der Waals surface area contributed by atoms with Gasteiger partial charge in [0.15, 0.2) is 11.6 Å². The van der Waals surface area contributed by atoms with Gasteiger partial charge in [0.25, 0.3) is 0 Å². The van der Waals surface area contributed by atoms with Crippen molar-refractivity contribution in [3.63, 3.8) is 0 Å². The Labute approximate surface area is 139 Å². The van der Waals surface area contributed by atoms with Crippen LogP contribution >= 0.6 is 0 Å². The maximum Gasteiger partial charge on any atom is 0.248 e. The van der Waals surface area contributed by atoms with Crippen molar-refractivity contribution in [1.82, 2.24) is 0 Å². The number of phenols is 1. The van der Waals surface area contributed by atoms with E-state index in [4.69, 9.17) is 10.8 Å². The van der Waals surface area contributed by atoms with E-state index in [9.17, 15) is 14.3 Å². The summed E-state index contributed by atoms with van der Waals surface area (Å²) in [6.07, 6.45) is 1.80. The fraction of sp³-hybridized carbons (Fsp3) is 0.167. The molecule has 5 nitrogen and oxygen atoms in total. The summed E-state index contributed by atoms with van der Waals surface area (Å²) in [4.78, 5) is 11.9. The molecular formula is C18H19FN2O3. The van der Waals surface area contributed by atoms with Crippen molar-refractivity contribution >= 4 is 17.3 Å². The summed E-state index contributed by atoms with van der Waals surface area (Å²) in [6, 6.07) is 10.5. The minimum Gasteiger partial charge on any atom is -0.505 e. The van der Waals surface area contributed by atoms with Gasteiger partial charge >= 0.3 is 0 Å². The third-order valence-electron chi connectivity index (χ3n) is 3.58. The molecule has 0 radical (unpaired) electrons. The van der Waals surface area contributed by atoms with E-state index >= 15 is 0 Å². The number of nitrogens with one attached hydrogen (secondary N) is 1. The third-order valence-corrected chi connectivity index (χ3v) is 3.58. The van der Waals surface area contributed by atoms with Crippen molar-refractivity contribution in [2.45, 2.75) is 13.0 Å². The summed E-state index contributed by atoms with van der Waals surface area (Å²) < 4.78 is 13.3. The van der Waals surface area contributed by atoms with Crippen LogP contribution in [0.25, 0.3) is 0 Å². The first-order valence-electron chi connectivity index (χ1n) is 7.38. The van der Waals surface area contributed by atoms with Crippen molar-refractivity contribution in [2.75, 3.05) is 11.1 Å². The largest absolute Gasteiger partial charge is 0.505 e. The average molecular weight is 330 g/mol. The highest BCUT2D eigenvalue weighted by Crippen LogP contribution is 2.26. The Kier molecular flexibility index (Phi) is 5.55. The SMILES string of the molecule is C[C@H](/C=C/C(=O)Nc1ccccc1N)[C@@H](O)c1ccc(O)c(F)c1. The van der Waals surface area contributed by atoms with E-state index < -0.39 is 23.6 Å². The van der Waals surface area contributed by atoms with Crippen molar-refractivity contribution in [1.29, 1.82) is 0 Å². The normalized spacial score (nSPS) is 13.6. The van der Waals surface area contributed by atoms with Crippen molar-refractivity contribution < 1.29 is 19.4 Å². The number of rotatable bonds is 5. The minimum atomic E-state index is -1.01. The number of hydrogen-bond donors (Lipinski definition) is 4. The molecule has 6 heteroatoms. The standard InChI is InChI=1S/C18H19FN2O3/c1-11(18(24)12-7-8-16(22)13(19)10-12)6-9-17(23)21-15-5-3-2-4-14(15)20/h2-11,18,22,24H,20H2,1H3,(H,21,23)/b9-6+/t11-,18-/m1/s1. The van der Waals surface area contributed by atoms with Gasteiger partial charge in [-0.15, -0.1) is 0 Å².